The van der Waals surface area contributed by atoms with Crippen molar-refractivity contribution < 1.29 is 23.4 Å². The van der Waals surface area contributed by atoms with E-state index in [1.807, 2.05) is 24.3 Å². The Hall–Kier alpha value is -3.79. The van der Waals surface area contributed by atoms with Gasteiger partial charge in [-0.1, -0.05) is 29.8 Å². The number of hydrogen-bond donors (Lipinski definition) is 0. The molecular weight excluding hydrogens is 571 g/mol. The van der Waals surface area contributed by atoms with Crippen molar-refractivity contribution in [1.29, 1.82) is 0 Å². The molecule has 0 radical (unpaired) electrons. The van der Waals surface area contributed by atoms with Gasteiger partial charge >= 0.3 is 5.97 Å². The molecule has 4 aromatic rings. The van der Waals surface area contributed by atoms with Crippen molar-refractivity contribution in [2.75, 3.05) is 26.8 Å². The number of carbonyl (C=O) groups excluding carboxylic acids is 1. The Bertz CT molecular complexity index is 1720. The maximum atomic E-state index is 14.2. The number of halogens is 2. The Morgan fingerprint density at radius 3 is 2.79 bits per heavy atom. The molecule has 2 saturated heterocycles. The van der Waals surface area contributed by atoms with Crippen molar-refractivity contribution in [2.45, 2.75) is 38.6 Å². The summed E-state index contributed by atoms with van der Waals surface area (Å²) >= 11 is 5.86. The van der Waals surface area contributed by atoms with E-state index in [9.17, 15) is 9.18 Å². The molecule has 2 fully saturated rings. The number of rotatable bonds is 9. The van der Waals surface area contributed by atoms with Gasteiger partial charge in [-0.05, 0) is 66.6 Å². The minimum absolute atomic E-state index is 0.0837. The third-order valence-corrected chi connectivity index (χ3v) is 8.94. The van der Waals surface area contributed by atoms with E-state index in [0.29, 0.717) is 33.9 Å². The topological polar surface area (TPSA) is 78.7 Å². The van der Waals surface area contributed by atoms with Crippen molar-refractivity contribution in [3.63, 3.8) is 0 Å². The number of nitrogens with zero attached hydrogens (tertiary/aromatic N) is 4. The molecule has 1 aliphatic carbocycles. The zero-order chi connectivity index (χ0) is 29.5. The fourth-order valence-electron chi connectivity index (χ4n) is 6.36. The number of allylic oxidation sites excluding steroid dienone is 1. The summed E-state index contributed by atoms with van der Waals surface area (Å²) < 4.78 is 32.9. The lowest BCUT2D eigenvalue weighted by Crippen LogP contribution is -2.32. The number of pyridine rings is 1. The Kier molecular flexibility index (Phi) is 7.63. The molecule has 2 aliphatic heterocycles. The molecule has 0 amide bonds. The van der Waals surface area contributed by atoms with Gasteiger partial charge in [0, 0.05) is 36.3 Å². The van der Waals surface area contributed by atoms with E-state index in [4.69, 9.17) is 35.8 Å². The summed E-state index contributed by atoms with van der Waals surface area (Å²) in [5, 5.41) is 0.356. The standard InChI is InChI=1S/C33H32ClFN4O4/c1-41-33(40)20-6-8-29-30(13-20)39(17-26-9-10-42-26)31(36-29)18-38-15-23-11-22(12-24(23)16-38)28-3-2-4-32(37-28)43-19-21-5-7-25(34)14-27(21)35/h2-8,11,13-14,23-24,26H,9-10,12,15-19H2,1H3/t23?,24?,26-/m0/s1. The molecule has 0 bridgehead atoms. The van der Waals surface area contributed by atoms with Crippen molar-refractivity contribution in [2.24, 2.45) is 11.8 Å². The van der Waals surface area contributed by atoms with Gasteiger partial charge in [0.05, 0.1) is 48.6 Å². The van der Waals surface area contributed by atoms with Crippen LogP contribution in [0.5, 0.6) is 5.88 Å². The largest absolute Gasteiger partial charge is 0.473 e. The van der Waals surface area contributed by atoms with Crippen LogP contribution in [-0.4, -0.2) is 58.3 Å². The van der Waals surface area contributed by atoms with Gasteiger partial charge in [0.1, 0.15) is 18.2 Å². The third-order valence-electron chi connectivity index (χ3n) is 8.70. The van der Waals surface area contributed by atoms with Crippen LogP contribution >= 0.6 is 11.6 Å². The maximum absolute atomic E-state index is 14.2. The van der Waals surface area contributed by atoms with Crippen LogP contribution in [0.15, 0.2) is 60.7 Å². The number of benzene rings is 2. The first-order valence-electron chi connectivity index (χ1n) is 14.6. The van der Waals surface area contributed by atoms with Crippen LogP contribution in [-0.2, 0) is 29.2 Å². The van der Waals surface area contributed by atoms with Gasteiger partial charge in [-0.2, -0.15) is 0 Å². The third kappa shape index (κ3) is 5.77. The monoisotopic (exact) mass is 602 g/mol. The summed E-state index contributed by atoms with van der Waals surface area (Å²) in [6.45, 7) is 4.23. The minimum atomic E-state index is -0.391. The van der Waals surface area contributed by atoms with Gasteiger partial charge in [0.25, 0.3) is 0 Å². The lowest BCUT2D eigenvalue weighted by molar-refractivity contribution is -0.0591. The quantitative estimate of drug-likeness (QED) is 0.220. The SMILES string of the molecule is COC(=O)c1ccc2nc(CN3CC4C=C(c5cccc(OCc6ccc(Cl)cc6F)n5)CC4C3)n(C[C@@H]3CCO3)c2c1. The van der Waals surface area contributed by atoms with Gasteiger partial charge in [-0.15, -0.1) is 0 Å². The first kappa shape index (κ1) is 28.0. The van der Waals surface area contributed by atoms with Crippen molar-refractivity contribution >= 4 is 34.2 Å². The second-order valence-corrected chi connectivity index (χ2v) is 12.0. The number of fused-ring (bicyclic) bond motifs is 2. The van der Waals surface area contributed by atoms with Crippen LogP contribution in [0.3, 0.4) is 0 Å². The Morgan fingerprint density at radius 1 is 1.14 bits per heavy atom. The second-order valence-electron chi connectivity index (χ2n) is 11.5. The molecule has 43 heavy (non-hydrogen) atoms. The van der Waals surface area contributed by atoms with E-state index >= 15 is 0 Å². The summed E-state index contributed by atoms with van der Waals surface area (Å²) in [6, 6.07) is 15.8. The van der Waals surface area contributed by atoms with Crippen LogP contribution in [0.4, 0.5) is 4.39 Å². The van der Waals surface area contributed by atoms with Gasteiger partial charge in [0.2, 0.25) is 5.88 Å². The van der Waals surface area contributed by atoms with Crippen LogP contribution in [0.25, 0.3) is 16.6 Å². The first-order valence-corrected chi connectivity index (χ1v) is 15.0. The van der Waals surface area contributed by atoms with Crippen LogP contribution in [0, 0.1) is 17.7 Å². The highest BCUT2D eigenvalue weighted by Crippen LogP contribution is 2.41. The molecule has 0 saturated carbocycles. The highest BCUT2D eigenvalue weighted by atomic mass is 35.5. The maximum Gasteiger partial charge on any atom is 0.337 e. The van der Waals surface area contributed by atoms with E-state index in [-0.39, 0.29) is 18.7 Å². The van der Waals surface area contributed by atoms with Crippen molar-refractivity contribution in [1.82, 2.24) is 19.4 Å². The number of aromatic nitrogens is 3. The first-order chi connectivity index (χ1) is 20.9. The normalized spacial score (nSPS) is 21.5. The predicted molar refractivity (Wildman–Crippen MR) is 160 cm³/mol. The number of likely N-dealkylation sites (tertiary alicyclic amines) is 1. The summed E-state index contributed by atoms with van der Waals surface area (Å²) in [4.78, 5) is 24.4. The molecule has 4 heterocycles. The van der Waals surface area contributed by atoms with E-state index in [2.05, 4.69) is 15.5 Å². The lowest BCUT2D eigenvalue weighted by Gasteiger charge is -2.28. The number of esters is 1. The Labute approximate surface area is 254 Å². The molecule has 8 nitrogen and oxygen atoms in total. The lowest BCUT2D eigenvalue weighted by atomic mass is 9.99. The number of ether oxygens (including phenoxy) is 3. The molecule has 2 aromatic carbocycles. The molecule has 3 aliphatic rings. The molecule has 10 heteroatoms. The van der Waals surface area contributed by atoms with Gasteiger partial charge in [-0.3, -0.25) is 4.90 Å². The molecule has 3 atom stereocenters. The average molecular weight is 603 g/mol. The molecule has 2 unspecified atom stereocenters. The summed E-state index contributed by atoms with van der Waals surface area (Å²) in [5.74, 6) is 1.65. The van der Waals surface area contributed by atoms with Gasteiger partial charge in [-0.25, -0.2) is 19.2 Å². The van der Waals surface area contributed by atoms with E-state index in [0.717, 1.165) is 68.2 Å². The number of imidazole rings is 1. The molecular formula is C33H32ClFN4O4. The molecule has 0 N–H and O–H groups in total. The molecule has 0 spiro atoms. The van der Waals surface area contributed by atoms with Crippen LogP contribution < -0.4 is 4.74 Å². The molecule has 7 rings (SSSR count). The van der Waals surface area contributed by atoms with Gasteiger partial charge in [0.15, 0.2) is 0 Å². The summed E-state index contributed by atoms with van der Waals surface area (Å²) in [5.41, 5.74) is 4.88. The zero-order valence-corrected chi connectivity index (χ0v) is 24.6. The van der Waals surface area contributed by atoms with Crippen molar-refractivity contribution in [3.8, 4) is 5.88 Å². The summed E-state index contributed by atoms with van der Waals surface area (Å²) in [6.07, 6.45) is 4.48. The van der Waals surface area contributed by atoms with Crippen LogP contribution in [0.1, 0.15) is 40.3 Å². The van der Waals surface area contributed by atoms with Gasteiger partial charge < -0.3 is 18.8 Å². The smallest absolute Gasteiger partial charge is 0.337 e. The Morgan fingerprint density at radius 2 is 2.02 bits per heavy atom. The highest BCUT2D eigenvalue weighted by molar-refractivity contribution is 6.30. The molecule has 2 aromatic heterocycles. The number of methoxy groups -OCH3 is 1. The van der Waals surface area contributed by atoms with Crippen LogP contribution in [0.2, 0.25) is 5.02 Å². The number of carbonyl (C=O) groups is 1. The van der Waals surface area contributed by atoms with Crippen molar-refractivity contribution in [3.05, 3.63) is 94.2 Å². The Balaban J connectivity index is 1.04. The van der Waals surface area contributed by atoms with E-state index in [1.165, 1.54) is 18.7 Å². The fraction of sp³-hybridized carbons (Fsp3) is 0.364. The van der Waals surface area contributed by atoms with E-state index in [1.54, 1.807) is 24.3 Å². The minimum Gasteiger partial charge on any atom is -0.473 e. The summed E-state index contributed by atoms with van der Waals surface area (Å²) in [7, 11) is 1.40. The second kappa shape index (κ2) is 11.7. The predicted octanol–water partition coefficient (Wildman–Crippen LogP) is 5.91. The number of hydrogen-bond acceptors (Lipinski definition) is 7. The fourth-order valence-corrected chi connectivity index (χ4v) is 6.52. The van der Waals surface area contributed by atoms with E-state index < -0.39 is 5.82 Å². The average Bonchev–Trinajstić information content (AvgIpc) is 3.65. The molecule has 222 valence electrons. The highest BCUT2D eigenvalue weighted by Gasteiger charge is 2.37. The zero-order valence-electron chi connectivity index (χ0n) is 23.8.